The molecule has 3 heterocycles. The molecule has 6 heteroatoms. The van der Waals surface area contributed by atoms with Crippen LogP contribution < -0.4 is 9.64 Å². The van der Waals surface area contributed by atoms with Crippen molar-refractivity contribution in [1.29, 1.82) is 0 Å². The minimum absolute atomic E-state index is 0.416. The molecule has 0 saturated carbocycles. The Bertz CT molecular complexity index is 1000. The van der Waals surface area contributed by atoms with Gasteiger partial charge < -0.3 is 9.64 Å². The first-order valence-corrected chi connectivity index (χ1v) is 11.0. The van der Waals surface area contributed by atoms with Gasteiger partial charge in [-0.15, -0.1) is 0 Å². The summed E-state index contributed by atoms with van der Waals surface area (Å²) in [5.74, 6) is 0.934. The largest absolute Gasteiger partial charge is 0.463 e. The van der Waals surface area contributed by atoms with Crippen LogP contribution in [0.5, 0.6) is 6.01 Å². The molecule has 160 valence electrons. The van der Waals surface area contributed by atoms with Crippen LogP contribution in [0.4, 0.5) is 5.82 Å². The summed E-state index contributed by atoms with van der Waals surface area (Å²) in [5.41, 5.74) is 4.18. The van der Waals surface area contributed by atoms with Gasteiger partial charge in [0.05, 0.1) is 18.8 Å². The number of ether oxygens (including phenoxy) is 1. The quantitative estimate of drug-likeness (QED) is 0.510. The summed E-state index contributed by atoms with van der Waals surface area (Å²) < 4.78 is 5.92. The Morgan fingerprint density at radius 2 is 1.90 bits per heavy atom. The number of hydrogen-bond acceptors (Lipinski definition) is 6. The number of pyridine rings is 1. The number of anilines is 1. The van der Waals surface area contributed by atoms with Crippen LogP contribution in [0.15, 0.2) is 59.7 Å². The lowest BCUT2D eigenvalue weighted by Gasteiger charge is -2.28. The molecule has 0 unspecified atom stereocenters. The number of hydrogen-bond donors (Lipinski definition) is 0. The van der Waals surface area contributed by atoms with E-state index in [-0.39, 0.29) is 0 Å². The maximum absolute atomic E-state index is 5.92. The maximum atomic E-state index is 5.92. The Kier molecular flexibility index (Phi) is 7.21. The highest BCUT2D eigenvalue weighted by Crippen LogP contribution is 2.21. The Morgan fingerprint density at radius 3 is 2.71 bits per heavy atom. The van der Waals surface area contributed by atoms with Crippen LogP contribution >= 0.6 is 0 Å². The Morgan fingerprint density at radius 1 is 1.00 bits per heavy atom. The second-order valence-corrected chi connectivity index (χ2v) is 7.85. The lowest BCUT2D eigenvalue weighted by atomic mass is 10.1. The topological polar surface area (TPSA) is 63.5 Å². The van der Waals surface area contributed by atoms with Crippen molar-refractivity contribution in [2.45, 2.75) is 39.2 Å². The summed E-state index contributed by atoms with van der Waals surface area (Å²) in [6.07, 6.45) is 8.09. The van der Waals surface area contributed by atoms with Crippen molar-refractivity contribution in [2.75, 3.05) is 24.6 Å². The van der Waals surface area contributed by atoms with Gasteiger partial charge in [0, 0.05) is 43.7 Å². The van der Waals surface area contributed by atoms with Crippen LogP contribution in [0.2, 0.25) is 0 Å². The summed E-state index contributed by atoms with van der Waals surface area (Å²) in [6, 6.07) is 16.7. The molecule has 0 amide bonds. The average Bonchev–Trinajstić information content (AvgIpc) is 2.80. The van der Waals surface area contributed by atoms with Gasteiger partial charge in [0.15, 0.2) is 0 Å². The van der Waals surface area contributed by atoms with Gasteiger partial charge in [-0.3, -0.25) is 9.98 Å². The van der Waals surface area contributed by atoms with Crippen LogP contribution in [-0.4, -0.2) is 40.9 Å². The fraction of sp³-hybridized carbons (Fsp3) is 0.360. The van der Waals surface area contributed by atoms with Crippen LogP contribution in [0.3, 0.4) is 0 Å². The molecule has 3 aromatic rings. The van der Waals surface area contributed by atoms with Crippen LogP contribution in [0.25, 0.3) is 0 Å². The third-order valence-electron chi connectivity index (χ3n) is 5.28. The fourth-order valence-corrected chi connectivity index (χ4v) is 3.68. The molecule has 4 rings (SSSR count). The van der Waals surface area contributed by atoms with E-state index in [9.17, 15) is 0 Å². The SMILES string of the molecule is Cc1cccc(C=NCc2cc(N3CCCCC3)nc(OCCc3ccccn3)n2)c1. The zero-order valence-electron chi connectivity index (χ0n) is 18.1. The monoisotopic (exact) mass is 415 g/mol. The van der Waals surface area contributed by atoms with Gasteiger partial charge in [-0.05, 0) is 43.9 Å². The molecule has 0 bridgehead atoms. The number of piperidine rings is 1. The molecule has 1 fully saturated rings. The first kappa shape index (κ1) is 21.0. The van der Waals surface area contributed by atoms with Gasteiger partial charge in [0.2, 0.25) is 0 Å². The smallest absolute Gasteiger partial charge is 0.318 e. The summed E-state index contributed by atoms with van der Waals surface area (Å²) >= 11 is 0. The summed E-state index contributed by atoms with van der Waals surface area (Å²) in [7, 11) is 0. The highest BCUT2D eigenvalue weighted by atomic mass is 16.5. The lowest BCUT2D eigenvalue weighted by molar-refractivity contribution is 0.294. The van der Waals surface area contributed by atoms with Crippen LogP contribution in [0.1, 0.15) is 41.8 Å². The van der Waals surface area contributed by atoms with E-state index in [4.69, 9.17) is 4.74 Å². The third-order valence-corrected chi connectivity index (χ3v) is 5.28. The molecule has 1 aliphatic rings. The van der Waals surface area contributed by atoms with Crippen molar-refractivity contribution in [1.82, 2.24) is 15.0 Å². The van der Waals surface area contributed by atoms with E-state index < -0.39 is 0 Å². The van der Waals surface area contributed by atoms with E-state index in [2.05, 4.69) is 50.0 Å². The minimum atomic E-state index is 0.416. The predicted octanol–water partition coefficient (Wildman–Crippen LogP) is 4.41. The molecular formula is C25H29N5O. The number of nitrogens with zero attached hydrogens (tertiary/aromatic N) is 5. The zero-order chi connectivity index (χ0) is 21.3. The summed E-state index contributed by atoms with van der Waals surface area (Å²) in [4.78, 5) is 20.6. The Hall–Kier alpha value is -3.28. The highest BCUT2D eigenvalue weighted by Gasteiger charge is 2.15. The van der Waals surface area contributed by atoms with E-state index in [1.54, 1.807) is 6.20 Å². The molecule has 6 nitrogen and oxygen atoms in total. The molecule has 2 aromatic heterocycles. The predicted molar refractivity (Wildman–Crippen MR) is 124 cm³/mol. The number of benzene rings is 1. The fourth-order valence-electron chi connectivity index (χ4n) is 3.68. The van der Waals surface area contributed by atoms with Crippen molar-refractivity contribution in [2.24, 2.45) is 4.99 Å². The number of rotatable bonds is 8. The highest BCUT2D eigenvalue weighted by molar-refractivity contribution is 5.79. The normalized spacial score (nSPS) is 14.2. The average molecular weight is 416 g/mol. The van der Waals surface area contributed by atoms with E-state index in [1.807, 2.05) is 36.5 Å². The number of aromatic nitrogens is 3. The van der Waals surface area contributed by atoms with Gasteiger partial charge in [0.25, 0.3) is 0 Å². The van der Waals surface area contributed by atoms with Crippen LogP contribution in [0, 0.1) is 6.92 Å². The lowest BCUT2D eigenvalue weighted by Crippen LogP contribution is -2.30. The first-order valence-electron chi connectivity index (χ1n) is 11.0. The van der Waals surface area contributed by atoms with Gasteiger partial charge >= 0.3 is 6.01 Å². The summed E-state index contributed by atoms with van der Waals surface area (Å²) in [5, 5.41) is 0. The van der Waals surface area contributed by atoms with Crippen molar-refractivity contribution in [3.05, 3.63) is 77.2 Å². The standard InChI is InChI=1S/C25H29N5O/c1-20-8-7-9-21(16-20)18-26-19-23-17-24(30-13-5-2-6-14-30)29-25(28-23)31-15-11-22-10-3-4-12-27-22/h3-4,7-10,12,16-18H,2,5-6,11,13-15,19H2,1H3. The van der Waals surface area contributed by atoms with E-state index in [0.717, 1.165) is 42.3 Å². The third kappa shape index (κ3) is 6.35. The molecule has 1 saturated heterocycles. The van der Waals surface area contributed by atoms with Crippen LogP contribution in [-0.2, 0) is 13.0 Å². The molecule has 1 aromatic carbocycles. The number of aryl methyl sites for hydroxylation is 1. The van der Waals surface area contributed by atoms with Gasteiger partial charge in [0.1, 0.15) is 5.82 Å². The van der Waals surface area contributed by atoms with E-state index in [0.29, 0.717) is 19.2 Å². The van der Waals surface area contributed by atoms with Crippen molar-refractivity contribution < 1.29 is 4.74 Å². The molecule has 1 aliphatic heterocycles. The molecule has 0 aliphatic carbocycles. The minimum Gasteiger partial charge on any atom is -0.463 e. The Balaban J connectivity index is 1.46. The van der Waals surface area contributed by atoms with Crippen molar-refractivity contribution in [3.63, 3.8) is 0 Å². The molecule has 0 radical (unpaired) electrons. The van der Waals surface area contributed by atoms with Crippen molar-refractivity contribution >= 4 is 12.0 Å². The van der Waals surface area contributed by atoms with Gasteiger partial charge in [-0.2, -0.15) is 9.97 Å². The van der Waals surface area contributed by atoms with Gasteiger partial charge in [-0.25, -0.2) is 0 Å². The molecule has 0 spiro atoms. The molecule has 0 N–H and O–H groups in total. The molecule has 0 atom stereocenters. The summed E-state index contributed by atoms with van der Waals surface area (Å²) in [6.45, 7) is 5.12. The second-order valence-electron chi connectivity index (χ2n) is 7.85. The van der Waals surface area contributed by atoms with E-state index in [1.165, 1.54) is 24.8 Å². The van der Waals surface area contributed by atoms with Gasteiger partial charge in [-0.1, -0.05) is 35.9 Å². The van der Waals surface area contributed by atoms with Crippen molar-refractivity contribution in [3.8, 4) is 6.01 Å². The first-order chi connectivity index (χ1) is 15.3. The molecular weight excluding hydrogens is 386 g/mol. The molecule has 31 heavy (non-hydrogen) atoms. The number of aliphatic imine (C=N–C) groups is 1. The van der Waals surface area contributed by atoms with E-state index >= 15 is 0 Å². The second kappa shape index (κ2) is 10.7. The maximum Gasteiger partial charge on any atom is 0.318 e. The zero-order valence-corrected chi connectivity index (χ0v) is 18.1. The Labute approximate surface area is 184 Å².